The van der Waals surface area contributed by atoms with Crippen LogP contribution in [0.2, 0.25) is 0 Å². The number of hydrogen-bond acceptors (Lipinski definition) is 9. The number of halogens is 2. The molecule has 182 valence electrons. The van der Waals surface area contributed by atoms with Gasteiger partial charge >= 0.3 is 0 Å². The molecule has 5 heterocycles. The molecule has 0 bridgehead atoms. The second-order valence-corrected chi connectivity index (χ2v) is 9.12. The summed E-state index contributed by atoms with van der Waals surface area (Å²) in [6, 6.07) is 3.59. The first-order valence-electron chi connectivity index (χ1n) is 11.4. The number of nitrogens with zero attached hydrogens (tertiary/aromatic N) is 7. The molecule has 2 saturated heterocycles. The Hall–Kier alpha value is -3.12. The molecule has 3 N–H and O–H groups in total. The highest BCUT2D eigenvalue weighted by Crippen LogP contribution is 2.32. The number of nitrogens with one attached hydrogen (secondary N) is 1. The standard InChI is InChI=1S/C22H28F2N8O2/c1-12(2)32-16-7-20(26-8-13(16)21(29-32)31-10-15(24)18(34)11-31)27-19-3-5-25-22(28-19)30-6-4-17(33)14(23)9-30/h3,5,7-8,12,14-15,17-18,33-34H,4,6,9-11H2,1-2H3,(H,25,26,27,28)/t14-,15-,17+,18-/m1/s1. The van der Waals surface area contributed by atoms with E-state index < -0.39 is 24.6 Å². The molecule has 3 aromatic rings. The molecule has 2 aliphatic heterocycles. The van der Waals surface area contributed by atoms with Crippen molar-refractivity contribution in [2.24, 2.45) is 0 Å². The minimum absolute atomic E-state index is 0.0378. The first kappa shape index (κ1) is 22.7. The van der Waals surface area contributed by atoms with Crippen molar-refractivity contribution in [1.29, 1.82) is 0 Å². The maximum absolute atomic E-state index is 13.9. The van der Waals surface area contributed by atoms with Crippen molar-refractivity contribution in [3.63, 3.8) is 0 Å². The van der Waals surface area contributed by atoms with Crippen LogP contribution >= 0.6 is 0 Å². The maximum atomic E-state index is 13.9. The molecule has 0 saturated carbocycles. The molecule has 0 spiro atoms. The second kappa shape index (κ2) is 8.91. The molecule has 0 radical (unpaired) electrons. The number of hydrogen-bond donors (Lipinski definition) is 3. The molecular formula is C22H28F2N8O2. The highest BCUT2D eigenvalue weighted by Gasteiger charge is 2.34. The highest BCUT2D eigenvalue weighted by atomic mass is 19.1. The quantitative estimate of drug-likeness (QED) is 0.510. The lowest BCUT2D eigenvalue weighted by molar-refractivity contribution is 0.0612. The van der Waals surface area contributed by atoms with Crippen LogP contribution in [0.1, 0.15) is 26.3 Å². The smallest absolute Gasteiger partial charge is 0.227 e. The third kappa shape index (κ3) is 4.23. The lowest BCUT2D eigenvalue weighted by atomic mass is 10.1. The number of fused-ring (bicyclic) bond motifs is 1. The highest BCUT2D eigenvalue weighted by molar-refractivity contribution is 5.92. The number of alkyl halides is 2. The molecule has 5 rings (SSSR count). The van der Waals surface area contributed by atoms with Gasteiger partial charge in [0.05, 0.1) is 30.1 Å². The van der Waals surface area contributed by atoms with E-state index in [1.54, 1.807) is 28.3 Å². The minimum atomic E-state index is -1.34. The van der Waals surface area contributed by atoms with Gasteiger partial charge in [0.15, 0.2) is 5.82 Å². The summed E-state index contributed by atoms with van der Waals surface area (Å²) in [6.45, 7) is 4.78. The summed E-state index contributed by atoms with van der Waals surface area (Å²) in [6.07, 6.45) is -1.05. The van der Waals surface area contributed by atoms with Gasteiger partial charge in [0.2, 0.25) is 5.95 Å². The second-order valence-electron chi connectivity index (χ2n) is 9.12. The average molecular weight is 475 g/mol. The van der Waals surface area contributed by atoms with E-state index in [-0.39, 0.29) is 25.7 Å². The van der Waals surface area contributed by atoms with Crippen LogP contribution < -0.4 is 15.1 Å². The Morgan fingerprint density at radius 2 is 1.79 bits per heavy atom. The Balaban J connectivity index is 1.41. The fourth-order valence-corrected chi connectivity index (χ4v) is 4.41. The first-order chi connectivity index (χ1) is 16.3. The summed E-state index contributed by atoms with van der Waals surface area (Å²) >= 11 is 0. The topological polar surface area (TPSA) is 115 Å². The van der Waals surface area contributed by atoms with Gasteiger partial charge in [-0.2, -0.15) is 10.1 Å². The number of pyridine rings is 1. The zero-order chi connectivity index (χ0) is 24.0. The van der Waals surface area contributed by atoms with Crippen molar-refractivity contribution in [3.8, 4) is 0 Å². The summed E-state index contributed by atoms with van der Waals surface area (Å²) in [5.41, 5.74) is 0.818. The van der Waals surface area contributed by atoms with Gasteiger partial charge in [0.1, 0.15) is 30.1 Å². The van der Waals surface area contributed by atoms with Crippen LogP contribution in [0.15, 0.2) is 24.5 Å². The van der Waals surface area contributed by atoms with Gasteiger partial charge in [-0.05, 0) is 26.3 Å². The van der Waals surface area contributed by atoms with E-state index in [1.807, 2.05) is 24.6 Å². The summed E-state index contributed by atoms with van der Waals surface area (Å²) in [4.78, 5) is 16.7. The lowest BCUT2D eigenvalue weighted by Crippen LogP contribution is -2.45. The number of aliphatic hydroxyl groups is 2. The fraction of sp³-hybridized carbons (Fsp3) is 0.545. The Bertz CT molecular complexity index is 1170. The van der Waals surface area contributed by atoms with Crippen molar-refractivity contribution in [1.82, 2.24) is 24.7 Å². The van der Waals surface area contributed by atoms with Crippen molar-refractivity contribution in [2.75, 3.05) is 41.3 Å². The van der Waals surface area contributed by atoms with E-state index in [1.165, 1.54) is 0 Å². The van der Waals surface area contributed by atoms with E-state index in [9.17, 15) is 19.0 Å². The van der Waals surface area contributed by atoms with Crippen LogP contribution in [0.3, 0.4) is 0 Å². The molecule has 3 aromatic heterocycles. The molecule has 0 aromatic carbocycles. The van der Waals surface area contributed by atoms with Crippen molar-refractivity contribution >= 4 is 34.3 Å². The van der Waals surface area contributed by atoms with Crippen LogP contribution in [0.5, 0.6) is 0 Å². The molecule has 34 heavy (non-hydrogen) atoms. The summed E-state index contributed by atoms with van der Waals surface area (Å²) < 4.78 is 29.7. The number of aliphatic hydroxyl groups excluding tert-OH is 2. The Kier molecular flexibility index (Phi) is 5.94. The molecule has 2 fully saturated rings. The number of rotatable bonds is 5. The Labute approximate surface area is 195 Å². The maximum Gasteiger partial charge on any atom is 0.227 e. The van der Waals surface area contributed by atoms with Crippen molar-refractivity contribution in [2.45, 2.75) is 50.9 Å². The zero-order valence-electron chi connectivity index (χ0n) is 19.0. The predicted molar refractivity (Wildman–Crippen MR) is 124 cm³/mol. The van der Waals surface area contributed by atoms with Crippen LogP contribution in [0.4, 0.5) is 32.2 Å². The van der Waals surface area contributed by atoms with Crippen LogP contribution in [0.25, 0.3) is 10.9 Å². The largest absolute Gasteiger partial charge is 0.390 e. The summed E-state index contributed by atoms with van der Waals surface area (Å²) in [7, 11) is 0. The van der Waals surface area contributed by atoms with Crippen molar-refractivity contribution in [3.05, 3.63) is 24.5 Å². The molecule has 10 nitrogen and oxygen atoms in total. The number of β-amino-alcohol motifs (C(OH)–C–C–N with tert-alkyl or cyclic N) is 1. The average Bonchev–Trinajstić information content (AvgIpc) is 3.35. The predicted octanol–water partition coefficient (Wildman–Crippen LogP) is 1.97. The Morgan fingerprint density at radius 3 is 2.50 bits per heavy atom. The number of aromatic nitrogens is 5. The van der Waals surface area contributed by atoms with Crippen LogP contribution in [0, 0.1) is 0 Å². The Morgan fingerprint density at radius 1 is 1.03 bits per heavy atom. The normalized spacial score (nSPS) is 25.5. The van der Waals surface area contributed by atoms with Gasteiger partial charge in [0.25, 0.3) is 0 Å². The number of anilines is 4. The van der Waals surface area contributed by atoms with Crippen LogP contribution in [-0.2, 0) is 0 Å². The van der Waals surface area contributed by atoms with Crippen molar-refractivity contribution < 1.29 is 19.0 Å². The minimum Gasteiger partial charge on any atom is -0.390 e. The van der Waals surface area contributed by atoms with Gasteiger partial charge < -0.3 is 25.3 Å². The molecule has 0 aliphatic carbocycles. The van der Waals surface area contributed by atoms with Gasteiger partial charge in [0, 0.05) is 37.6 Å². The fourth-order valence-electron chi connectivity index (χ4n) is 4.41. The van der Waals surface area contributed by atoms with Gasteiger partial charge in [-0.15, -0.1) is 0 Å². The van der Waals surface area contributed by atoms with Gasteiger partial charge in [-0.1, -0.05) is 0 Å². The van der Waals surface area contributed by atoms with E-state index >= 15 is 0 Å². The SMILES string of the molecule is CC(C)n1nc(N2C[C@@H](O)[C@H](F)C2)c2cnc(Nc3ccnc(N4CC[C@H](O)[C@H](F)C4)n3)cc21. The lowest BCUT2D eigenvalue weighted by Gasteiger charge is -2.32. The number of piperidine rings is 1. The molecular weight excluding hydrogens is 446 g/mol. The summed E-state index contributed by atoms with van der Waals surface area (Å²) in [5, 5.41) is 28.1. The van der Waals surface area contributed by atoms with E-state index in [2.05, 4.69) is 25.4 Å². The van der Waals surface area contributed by atoms with E-state index in [4.69, 9.17) is 0 Å². The molecule has 0 amide bonds. The van der Waals surface area contributed by atoms with E-state index in [0.717, 1.165) is 10.9 Å². The zero-order valence-corrected chi connectivity index (χ0v) is 19.0. The van der Waals surface area contributed by atoms with Gasteiger partial charge in [-0.25, -0.2) is 18.7 Å². The third-order valence-corrected chi connectivity index (χ3v) is 6.27. The monoisotopic (exact) mass is 474 g/mol. The van der Waals surface area contributed by atoms with E-state index in [0.29, 0.717) is 36.4 Å². The van der Waals surface area contributed by atoms with Crippen LogP contribution in [-0.4, -0.2) is 85.7 Å². The summed E-state index contributed by atoms with van der Waals surface area (Å²) in [5.74, 6) is 2.01. The third-order valence-electron chi connectivity index (χ3n) is 6.27. The molecule has 2 aliphatic rings. The van der Waals surface area contributed by atoms with Gasteiger partial charge in [-0.3, -0.25) is 4.68 Å². The molecule has 4 atom stereocenters. The molecule has 0 unspecified atom stereocenters. The molecule has 12 heteroatoms. The first-order valence-corrected chi connectivity index (χ1v) is 11.4.